The Labute approximate surface area is 116 Å². The summed E-state index contributed by atoms with van der Waals surface area (Å²) >= 11 is 0. The van der Waals surface area contributed by atoms with Gasteiger partial charge in [-0.1, -0.05) is 38.8 Å². The number of nitrogens with one attached hydrogen (secondary N) is 1. The number of carbonyl (C=O) groups is 1. The van der Waals surface area contributed by atoms with E-state index in [-0.39, 0.29) is 6.03 Å². The second-order valence-corrected chi connectivity index (χ2v) is 5.61. The summed E-state index contributed by atoms with van der Waals surface area (Å²) in [5, 5.41) is 2.99. The van der Waals surface area contributed by atoms with Crippen LogP contribution in [0.5, 0.6) is 0 Å². The Bertz CT molecular complexity index is 403. The predicted octanol–water partition coefficient (Wildman–Crippen LogP) is 4.22. The van der Waals surface area contributed by atoms with Crippen molar-refractivity contribution in [1.29, 1.82) is 0 Å². The zero-order chi connectivity index (χ0) is 13.7. The second kappa shape index (κ2) is 6.60. The lowest BCUT2D eigenvalue weighted by Gasteiger charge is -2.21. The van der Waals surface area contributed by atoms with Crippen LogP contribution in [0.3, 0.4) is 0 Å². The van der Waals surface area contributed by atoms with Crippen LogP contribution in [-0.2, 0) is 0 Å². The number of rotatable bonds is 2. The molecular weight excluding hydrogens is 236 g/mol. The molecule has 104 valence electrons. The van der Waals surface area contributed by atoms with Gasteiger partial charge in [0.05, 0.1) is 0 Å². The summed E-state index contributed by atoms with van der Waals surface area (Å²) in [6.07, 6.45) is 4.74. The molecule has 2 rings (SSSR count). The summed E-state index contributed by atoms with van der Waals surface area (Å²) in [5.41, 5.74) is 2.19. The molecule has 1 N–H and O–H groups in total. The van der Waals surface area contributed by atoms with Crippen molar-refractivity contribution in [2.75, 3.05) is 18.4 Å². The highest BCUT2D eigenvalue weighted by Crippen LogP contribution is 2.18. The maximum absolute atomic E-state index is 12.2. The Morgan fingerprint density at radius 2 is 1.63 bits per heavy atom. The molecule has 1 heterocycles. The number of anilines is 1. The topological polar surface area (TPSA) is 32.3 Å². The normalized spacial score (nSPS) is 16.3. The average molecular weight is 260 g/mol. The van der Waals surface area contributed by atoms with Gasteiger partial charge in [-0.05, 0) is 36.5 Å². The fraction of sp³-hybridized carbons (Fsp3) is 0.562. The standard InChI is InChI=1S/C16H24N2O/c1-13(2)14-7-9-15(10-8-14)17-16(19)18-11-5-3-4-6-12-18/h7-10,13H,3-6,11-12H2,1-2H3,(H,17,19). The van der Waals surface area contributed by atoms with Crippen molar-refractivity contribution < 1.29 is 4.79 Å². The maximum atomic E-state index is 12.2. The highest BCUT2D eigenvalue weighted by Gasteiger charge is 2.15. The number of hydrogen-bond donors (Lipinski definition) is 1. The Morgan fingerprint density at radius 3 is 2.16 bits per heavy atom. The molecule has 0 aliphatic carbocycles. The summed E-state index contributed by atoms with van der Waals surface area (Å²) in [7, 11) is 0. The van der Waals surface area contributed by atoms with E-state index in [1.54, 1.807) is 0 Å². The molecule has 0 aromatic heterocycles. The summed E-state index contributed by atoms with van der Waals surface area (Å²) in [5.74, 6) is 0.523. The number of nitrogens with zero attached hydrogens (tertiary/aromatic N) is 1. The van der Waals surface area contributed by atoms with E-state index in [2.05, 4.69) is 31.3 Å². The lowest BCUT2D eigenvalue weighted by atomic mass is 10.0. The van der Waals surface area contributed by atoms with Crippen LogP contribution in [0.25, 0.3) is 0 Å². The molecule has 1 saturated heterocycles. The molecule has 3 heteroatoms. The molecule has 19 heavy (non-hydrogen) atoms. The molecule has 2 amide bonds. The summed E-state index contributed by atoms with van der Waals surface area (Å²) < 4.78 is 0. The van der Waals surface area contributed by atoms with Gasteiger partial charge in [0.1, 0.15) is 0 Å². The SMILES string of the molecule is CC(C)c1ccc(NC(=O)N2CCCCCC2)cc1. The zero-order valence-corrected chi connectivity index (χ0v) is 12.0. The van der Waals surface area contributed by atoms with Crippen LogP contribution in [0.2, 0.25) is 0 Å². The number of urea groups is 1. The van der Waals surface area contributed by atoms with Gasteiger partial charge in [-0.25, -0.2) is 4.79 Å². The highest BCUT2D eigenvalue weighted by atomic mass is 16.2. The molecule has 0 atom stereocenters. The maximum Gasteiger partial charge on any atom is 0.321 e. The van der Waals surface area contributed by atoms with Crippen LogP contribution < -0.4 is 5.32 Å². The first-order valence-electron chi connectivity index (χ1n) is 7.32. The fourth-order valence-electron chi connectivity index (χ4n) is 2.43. The molecule has 0 radical (unpaired) electrons. The fourth-order valence-corrected chi connectivity index (χ4v) is 2.43. The minimum absolute atomic E-state index is 0.0409. The lowest BCUT2D eigenvalue weighted by molar-refractivity contribution is 0.214. The summed E-state index contributed by atoms with van der Waals surface area (Å²) in [6, 6.07) is 8.20. The Kier molecular flexibility index (Phi) is 4.83. The van der Waals surface area contributed by atoms with E-state index < -0.39 is 0 Å². The monoisotopic (exact) mass is 260 g/mol. The third-order valence-corrected chi connectivity index (χ3v) is 3.72. The zero-order valence-electron chi connectivity index (χ0n) is 12.0. The molecule has 1 aromatic carbocycles. The molecule has 3 nitrogen and oxygen atoms in total. The van der Waals surface area contributed by atoms with E-state index in [0.717, 1.165) is 31.6 Å². The average Bonchev–Trinajstić information content (AvgIpc) is 2.68. The molecule has 1 aromatic rings. The minimum Gasteiger partial charge on any atom is -0.325 e. The van der Waals surface area contributed by atoms with Crippen LogP contribution in [0, 0.1) is 0 Å². The molecular formula is C16H24N2O. The van der Waals surface area contributed by atoms with Gasteiger partial charge in [-0.3, -0.25) is 0 Å². The van der Waals surface area contributed by atoms with E-state index in [9.17, 15) is 4.79 Å². The number of hydrogen-bond acceptors (Lipinski definition) is 1. The smallest absolute Gasteiger partial charge is 0.321 e. The van der Waals surface area contributed by atoms with Gasteiger partial charge in [0.2, 0.25) is 0 Å². The van der Waals surface area contributed by atoms with E-state index in [0.29, 0.717) is 5.92 Å². The summed E-state index contributed by atoms with van der Waals surface area (Å²) in [6.45, 7) is 6.11. The molecule has 1 fully saturated rings. The van der Waals surface area contributed by atoms with Crippen LogP contribution in [0.4, 0.5) is 10.5 Å². The molecule has 1 aliphatic rings. The first-order chi connectivity index (χ1) is 9.16. The molecule has 1 aliphatic heterocycles. The van der Waals surface area contributed by atoms with Crippen LogP contribution in [0.1, 0.15) is 51.0 Å². The summed E-state index contributed by atoms with van der Waals surface area (Å²) in [4.78, 5) is 14.1. The molecule has 0 bridgehead atoms. The second-order valence-electron chi connectivity index (χ2n) is 5.61. The van der Waals surface area contributed by atoms with Gasteiger partial charge < -0.3 is 10.2 Å². The van der Waals surface area contributed by atoms with Crippen LogP contribution in [0.15, 0.2) is 24.3 Å². The van der Waals surface area contributed by atoms with Gasteiger partial charge in [0.25, 0.3) is 0 Å². The van der Waals surface area contributed by atoms with E-state index >= 15 is 0 Å². The Balaban J connectivity index is 1.94. The largest absolute Gasteiger partial charge is 0.325 e. The number of carbonyl (C=O) groups excluding carboxylic acids is 1. The van der Waals surface area contributed by atoms with Gasteiger partial charge in [-0.15, -0.1) is 0 Å². The quantitative estimate of drug-likeness (QED) is 0.848. The van der Waals surface area contributed by atoms with Gasteiger partial charge in [0.15, 0.2) is 0 Å². The third-order valence-electron chi connectivity index (χ3n) is 3.72. The first kappa shape index (κ1) is 13.9. The van der Waals surface area contributed by atoms with E-state index in [1.807, 2.05) is 17.0 Å². The van der Waals surface area contributed by atoms with E-state index in [4.69, 9.17) is 0 Å². The van der Waals surface area contributed by atoms with Crippen LogP contribution in [-0.4, -0.2) is 24.0 Å². The van der Waals surface area contributed by atoms with Crippen molar-refractivity contribution in [2.24, 2.45) is 0 Å². The van der Waals surface area contributed by atoms with Crippen molar-refractivity contribution in [3.05, 3.63) is 29.8 Å². The molecule has 0 spiro atoms. The highest BCUT2D eigenvalue weighted by molar-refractivity contribution is 5.89. The van der Waals surface area contributed by atoms with Crippen LogP contribution >= 0.6 is 0 Å². The number of benzene rings is 1. The van der Waals surface area contributed by atoms with Gasteiger partial charge in [-0.2, -0.15) is 0 Å². The third kappa shape index (κ3) is 3.98. The number of likely N-dealkylation sites (tertiary alicyclic amines) is 1. The van der Waals surface area contributed by atoms with Gasteiger partial charge in [0, 0.05) is 18.8 Å². The Morgan fingerprint density at radius 1 is 1.05 bits per heavy atom. The first-order valence-corrected chi connectivity index (χ1v) is 7.32. The van der Waals surface area contributed by atoms with Crippen molar-refractivity contribution in [3.8, 4) is 0 Å². The van der Waals surface area contributed by atoms with Crippen molar-refractivity contribution in [3.63, 3.8) is 0 Å². The van der Waals surface area contributed by atoms with Crippen molar-refractivity contribution in [1.82, 2.24) is 4.90 Å². The lowest BCUT2D eigenvalue weighted by Crippen LogP contribution is -2.35. The van der Waals surface area contributed by atoms with E-state index in [1.165, 1.54) is 18.4 Å². The Hall–Kier alpha value is -1.51. The van der Waals surface area contributed by atoms with Gasteiger partial charge >= 0.3 is 6.03 Å². The minimum atomic E-state index is 0.0409. The molecule has 0 unspecified atom stereocenters. The molecule has 0 saturated carbocycles. The number of amides is 2. The van der Waals surface area contributed by atoms with Crippen molar-refractivity contribution >= 4 is 11.7 Å². The van der Waals surface area contributed by atoms with Crippen molar-refractivity contribution in [2.45, 2.75) is 45.4 Å². The predicted molar refractivity (Wildman–Crippen MR) is 79.6 cm³/mol.